The van der Waals surface area contributed by atoms with Crippen LogP contribution in [-0.2, 0) is 4.79 Å². The van der Waals surface area contributed by atoms with Gasteiger partial charge in [0.15, 0.2) is 0 Å². The van der Waals surface area contributed by atoms with Gasteiger partial charge in [0.2, 0.25) is 5.91 Å². The Hall–Kier alpha value is -0.790. The summed E-state index contributed by atoms with van der Waals surface area (Å²) in [7, 11) is 0. The Bertz CT molecular complexity index is 196. The molecule has 2 nitrogen and oxygen atoms in total. The average Bonchev–Trinajstić information content (AvgIpc) is 2.15. The smallest absolute Gasteiger partial charge is 0.223 e. The van der Waals surface area contributed by atoms with E-state index >= 15 is 0 Å². The van der Waals surface area contributed by atoms with Gasteiger partial charge in [0.05, 0.1) is 0 Å². The third-order valence-electron chi connectivity index (χ3n) is 2.32. The first-order valence-electron chi connectivity index (χ1n) is 5.13. The van der Waals surface area contributed by atoms with Crippen LogP contribution in [0.25, 0.3) is 0 Å². The van der Waals surface area contributed by atoms with Crippen molar-refractivity contribution in [3.05, 3.63) is 12.2 Å². The number of allylic oxidation sites excluding steroid dienone is 2. The van der Waals surface area contributed by atoms with E-state index in [1.807, 2.05) is 0 Å². The Morgan fingerprint density at radius 2 is 2.31 bits per heavy atom. The SMILES string of the molecule is CC(C)CNC(=O)C1CC=CCC1. The number of carbonyl (C=O) groups is 1. The van der Waals surface area contributed by atoms with Crippen molar-refractivity contribution in [2.24, 2.45) is 11.8 Å². The predicted molar refractivity (Wildman–Crippen MR) is 54.3 cm³/mol. The van der Waals surface area contributed by atoms with Crippen LogP contribution in [0.2, 0.25) is 0 Å². The summed E-state index contributed by atoms with van der Waals surface area (Å²) in [5.74, 6) is 1.00. The summed E-state index contributed by atoms with van der Waals surface area (Å²) >= 11 is 0. The van der Waals surface area contributed by atoms with Crippen molar-refractivity contribution in [1.82, 2.24) is 5.32 Å². The lowest BCUT2D eigenvalue weighted by atomic mass is 9.93. The monoisotopic (exact) mass is 181 g/mol. The minimum Gasteiger partial charge on any atom is -0.356 e. The van der Waals surface area contributed by atoms with Gasteiger partial charge < -0.3 is 5.32 Å². The predicted octanol–water partition coefficient (Wildman–Crippen LogP) is 2.11. The Balaban J connectivity index is 2.26. The van der Waals surface area contributed by atoms with Crippen LogP contribution < -0.4 is 5.32 Å². The number of rotatable bonds is 3. The molecular weight excluding hydrogens is 162 g/mol. The fourth-order valence-corrected chi connectivity index (χ4v) is 1.48. The van der Waals surface area contributed by atoms with Crippen LogP contribution in [0.15, 0.2) is 12.2 Å². The normalized spacial score (nSPS) is 21.9. The highest BCUT2D eigenvalue weighted by Crippen LogP contribution is 2.17. The van der Waals surface area contributed by atoms with Crippen LogP contribution in [0, 0.1) is 11.8 Å². The van der Waals surface area contributed by atoms with Gasteiger partial charge in [0.25, 0.3) is 0 Å². The maximum Gasteiger partial charge on any atom is 0.223 e. The van der Waals surface area contributed by atoms with E-state index in [0.29, 0.717) is 5.92 Å². The van der Waals surface area contributed by atoms with Gasteiger partial charge in [0.1, 0.15) is 0 Å². The van der Waals surface area contributed by atoms with Crippen LogP contribution in [0.1, 0.15) is 33.1 Å². The molecule has 1 aliphatic rings. The fraction of sp³-hybridized carbons (Fsp3) is 0.727. The van der Waals surface area contributed by atoms with E-state index in [-0.39, 0.29) is 11.8 Å². The zero-order valence-electron chi connectivity index (χ0n) is 8.55. The highest BCUT2D eigenvalue weighted by atomic mass is 16.1. The van der Waals surface area contributed by atoms with Gasteiger partial charge in [0, 0.05) is 12.5 Å². The Morgan fingerprint density at radius 1 is 1.54 bits per heavy atom. The summed E-state index contributed by atoms with van der Waals surface area (Å²) in [6.45, 7) is 5.03. The molecule has 0 saturated carbocycles. The molecule has 1 atom stereocenters. The maximum absolute atomic E-state index is 11.6. The highest BCUT2D eigenvalue weighted by Gasteiger charge is 2.17. The lowest BCUT2D eigenvalue weighted by molar-refractivity contribution is -0.125. The molecule has 1 amide bonds. The topological polar surface area (TPSA) is 29.1 Å². The zero-order valence-corrected chi connectivity index (χ0v) is 8.55. The minimum atomic E-state index is 0.226. The molecule has 1 N–H and O–H groups in total. The van der Waals surface area contributed by atoms with Gasteiger partial charge in [-0.2, -0.15) is 0 Å². The van der Waals surface area contributed by atoms with E-state index in [1.54, 1.807) is 0 Å². The van der Waals surface area contributed by atoms with Crippen molar-refractivity contribution < 1.29 is 4.79 Å². The largest absolute Gasteiger partial charge is 0.356 e. The van der Waals surface area contributed by atoms with E-state index in [2.05, 4.69) is 31.3 Å². The molecular formula is C11H19NO. The molecule has 0 saturated heterocycles. The number of hydrogen-bond donors (Lipinski definition) is 1. The lowest BCUT2D eigenvalue weighted by Gasteiger charge is -2.17. The number of carbonyl (C=O) groups excluding carboxylic acids is 1. The number of nitrogens with one attached hydrogen (secondary N) is 1. The molecule has 0 aromatic heterocycles. The number of amides is 1. The van der Waals surface area contributed by atoms with E-state index in [9.17, 15) is 4.79 Å². The molecule has 1 rings (SSSR count). The van der Waals surface area contributed by atoms with Crippen molar-refractivity contribution in [3.63, 3.8) is 0 Å². The Kier molecular flexibility index (Phi) is 4.00. The van der Waals surface area contributed by atoms with Crippen LogP contribution in [0.5, 0.6) is 0 Å². The molecule has 1 unspecified atom stereocenters. The summed E-state index contributed by atoms with van der Waals surface area (Å²) in [5.41, 5.74) is 0. The molecule has 0 radical (unpaired) electrons. The molecule has 0 aromatic carbocycles. The molecule has 0 aliphatic heterocycles. The number of hydrogen-bond acceptors (Lipinski definition) is 1. The van der Waals surface area contributed by atoms with Gasteiger partial charge in [-0.1, -0.05) is 26.0 Å². The average molecular weight is 181 g/mol. The summed E-state index contributed by atoms with van der Waals surface area (Å²) in [4.78, 5) is 11.6. The van der Waals surface area contributed by atoms with Crippen molar-refractivity contribution in [2.45, 2.75) is 33.1 Å². The highest BCUT2D eigenvalue weighted by molar-refractivity contribution is 5.78. The van der Waals surface area contributed by atoms with Crippen LogP contribution >= 0.6 is 0 Å². The molecule has 1 aliphatic carbocycles. The quantitative estimate of drug-likeness (QED) is 0.664. The van der Waals surface area contributed by atoms with E-state index < -0.39 is 0 Å². The maximum atomic E-state index is 11.6. The van der Waals surface area contributed by atoms with Gasteiger partial charge in [-0.15, -0.1) is 0 Å². The first kappa shape index (κ1) is 10.3. The van der Waals surface area contributed by atoms with Crippen LogP contribution in [-0.4, -0.2) is 12.5 Å². The van der Waals surface area contributed by atoms with E-state index in [1.165, 1.54) is 0 Å². The minimum absolute atomic E-state index is 0.226. The van der Waals surface area contributed by atoms with Gasteiger partial charge in [-0.05, 0) is 25.2 Å². The third-order valence-corrected chi connectivity index (χ3v) is 2.32. The van der Waals surface area contributed by atoms with Crippen LogP contribution in [0.3, 0.4) is 0 Å². The lowest BCUT2D eigenvalue weighted by Crippen LogP contribution is -2.33. The van der Waals surface area contributed by atoms with Crippen molar-refractivity contribution >= 4 is 5.91 Å². The van der Waals surface area contributed by atoms with Crippen molar-refractivity contribution in [3.8, 4) is 0 Å². The molecule has 74 valence electrons. The molecule has 0 spiro atoms. The summed E-state index contributed by atoms with van der Waals surface area (Å²) in [6.07, 6.45) is 7.26. The third kappa shape index (κ3) is 3.62. The molecule has 0 bridgehead atoms. The summed E-state index contributed by atoms with van der Waals surface area (Å²) in [6, 6.07) is 0. The second kappa shape index (κ2) is 5.05. The first-order chi connectivity index (χ1) is 6.20. The summed E-state index contributed by atoms with van der Waals surface area (Å²) in [5, 5.41) is 2.98. The van der Waals surface area contributed by atoms with Gasteiger partial charge in [-0.25, -0.2) is 0 Å². The second-order valence-electron chi connectivity index (χ2n) is 4.12. The molecule has 0 fully saturated rings. The van der Waals surface area contributed by atoms with Gasteiger partial charge in [-0.3, -0.25) is 4.79 Å². The molecule has 0 heterocycles. The van der Waals surface area contributed by atoms with Gasteiger partial charge >= 0.3 is 0 Å². The summed E-state index contributed by atoms with van der Waals surface area (Å²) < 4.78 is 0. The first-order valence-corrected chi connectivity index (χ1v) is 5.13. The standard InChI is InChI=1S/C11H19NO/c1-9(2)8-12-11(13)10-6-4-3-5-7-10/h3-4,9-10H,5-8H2,1-2H3,(H,12,13). The second-order valence-corrected chi connectivity index (χ2v) is 4.12. The van der Waals surface area contributed by atoms with Crippen LogP contribution in [0.4, 0.5) is 0 Å². The van der Waals surface area contributed by atoms with E-state index in [0.717, 1.165) is 25.8 Å². The molecule has 13 heavy (non-hydrogen) atoms. The van der Waals surface area contributed by atoms with Crippen molar-refractivity contribution in [1.29, 1.82) is 0 Å². The Morgan fingerprint density at radius 3 is 2.85 bits per heavy atom. The molecule has 0 aromatic rings. The fourth-order valence-electron chi connectivity index (χ4n) is 1.48. The zero-order chi connectivity index (χ0) is 9.68. The van der Waals surface area contributed by atoms with E-state index in [4.69, 9.17) is 0 Å². The van der Waals surface area contributed by atoms with Crippen molar-refractivity contribution in [2.75, 3.05) is 6.54 Å². The Labute approximate surface area is 80.4 Å². The molecule has 2 heteroatoms.